The van der Waals surface area contributed by atoms with E-state index in [1.165, 1.54) is 0 Å². The molecule has 0 amide bonds. The Labute approximate surface area is 81.8 Å². The number of rotatable bonds is 3. The van der Waals surface area contributed by atoms with E-state index in [0.29, 0.717) is 12.0 Å². The Morgan fingerprint density at radius 2 is 2.15 bits per heavy atom. The first-order chi connectivity index (χ1) is 6.16. The summed E-state index contributed by atoms with van der Waals surface area (Å²) in [5.74, 6) is 0.00474. The molecular formula is C9H12ClNO2. The van der Waals surface area contributed by atoms with Crippen LogP contribution in [-0.4, -0.2) is 16.8 Å². The lowest BCUT2D eigenvalue weighted by Crippen LogP contribution is -2.12. The molecule has 0 aromatic heterocycles. The van der Waals surface area contributed by atoms with Crippen LogP contribution in [-0.2, 0) is 0 Å². The van der Waals surface area contributed by atoms with Gasteiger partial charge in [0.1, 0.15) is 5.75 Å². The van der Waals surface area contributed by atoms with Crippen molar-refractivity contribution in [2.24, 2.45) is 5.73 Å². The molecule has 0 heterocycles. The van der Waals surface area contributed by atoms with Gasteiger partial charge in [-0.15, -0.1) is 0 Å². The number of hydrogen-bond donors (Lipinski definition) is 3. The van der Waals surface area contributed by atoms with E-state index in [4.69, 9.17) is 22.4 Å². The third-order valence-electron chi connectivity index (χ3n) is 1.86. The van der Waals surface area contributed by atoms with E-state index >= 15 is 0 Å². The van der Waals surface area contributed by atoms with Gasteiger partial charge in [0.25, 0.3) is 0 Å². The standard InChI is InChI=1S/C9H12ClNO2/c10-7-3-1-2-6(9(7)13)8(11)4-5-12/h1-3,8,12-13H,4-5,11H2/t8-/m0/s1. The molecule has 0 unspecified atom stereocenters. The number of aromatic hydroxyl groups is 1. The topological polar surface area (TPSA) is 66.5 Å². The van der Waals surface area contributed by atoms with Gasteiger partial charge >= 0.3 is 0 Å². The molecule has 0 fully saturated rings. The van der Waals surface area contributed by atoms with Gasteiger partial charge in [0.2, 0.25) is 0 Å². The zero-order valence-corrected chi connectivity index (χ0v) is 7.83. The second kappa shape index (κ2) is 4.46. The monoisotopic (exact) mass is 201 g/mol. The molecule has 1 aromatic rings. The van der Waals surface area contributed by atoms with E-state index in [-0.39, 0.29) is 23.4 Å². The van der Waals surface area contributed by atoms with Crippen LogP contribution in [0.15, 0.2) is 18.2 Å². The Morgan fingerprint density at radius 1 is 1.46 bits per heavy atom. The molecule has 0 saturated carbocycles. The lowest BCUT2D eigenvalue weighted by atomic mass is 10.0. The summed E-state index contributed by atoms with van der Waals surface area (Å²) in [5, 5.41) is 18.4. The minimum Gasteiger partial charge on any atom is -0.506 e. The van der Waals surface area contributed by atoms with Crippen LogP contribution in [0.1, 0.15) is 18.0 Å². The van der Waals surface area contributed by atoms with Crippen LogP contribution in [0.5, 0.6) is 5.75 Å². The second-order valence-electron chi connectivity index (χ2n) is 2.80. The fraction of sp³-hybridized carbons (Fsp3) is 0.333. The Balaban J connectivity index is 2.93. The second-order valence-corrected chi connectivity index (χ2v) is 3.20. The van der Waals surface area contributed by atoms with Crippen molar-refractivity contribution >= 4 is 11.6 Å². The highest BCUT2D eigenvalue weighted by molar-refractivity contribution is 6.32. The molecule has 3 nitrogen and oxygen atoms in total. The van der Waals surface area contributed by atoms with Gasteiger partial charge in [0.05, 0.1) is 5.02 Å². The van der Waals surface area contributed by atoms with Crippen molar-refractivity contribution in [3.63, 3.8) is 0 Å². The molecule has 0 bridgehead atoms. The lowest BCUT2D eigenvalue weighted by molar-refractivity contribution is 0.275. The highest BCUT2D eigenvalue weighted by atomic mass is 35.5. The summed E-state index contributed by atoms with van der Waals surface area (Å²) >= 11 is 5.69. The molecule has 0 aliphatic rings. The molecule has 0 saturated heterocycles. The van der Waals surface area contributed by atoms with E-state index in [9.17, 15) is 5.11 Å². The van der Waals surface area contributed by atoms with Gasteiger partial charge in [0, 0.05) is 18.2 Å². The number of aliphatic hydroxyl groups excluding tert-OH is 1. The summed E-state index contributed by atoms with van der Waals surface area (Å²) in [7, 11) is 0. The maximum Gasteiger partial charge on any atom is 0.138 e. The first-order valence-corrected chi connectivity index (χ1v) is 4.38. The third kappa shape index (κ3) is 2.34. The number of phenolic OH excluding ortho intramolecular Hbond substituents is 1. The van der Waals surface area contributed by atoms with E-state index in [2.05, 4.69) is 0 Å². The smallest absolute Gasteiger partial charge is 0.138 e. The minimum atomic E-state index is -0.372. The van der Waals surface area contributed by atoms with Crippen molar-refractivity contribution in [3.05, 3.63) is 28.8 Å². The first-order valence-electron chi connectivity index (χ1n) is 4.00. The van der Waals surface area contributed by atoms with Crippen LogP contribution >= 0.6 is 11.6 Å². The van der Waals surface area contributed by atoms with Crippen LogP contribution < -0.4 is 5.73 Å². The predicted molar refractivity (Wildman–Crippen MR) is 51.7 cm³/mol. The highest BCUT2D eigenvalue weighted by Crippen LogP contribution is 2.31. The molecule has 0 aliphatic heterocycles. The summed E-state index contributed by atoms with van der Waals surface area (Å²) in [6, 6.07) is 4.63. The van der Waals surface area contributed by atoms with Crippen LogP contribution in [0.4, 0.5) is 0 Å². The average molecular weight is 202 g/mol. The SMILES string of the molecule is N[C@@H](CCO)c1cccc(Cl)c1O. The molecule has 13 heavy (non-hydrogen) atoms. The number of hydrogen-bond acceptors (Lipinski definition) is 3. The Hall–Kier alpha value is -0.770. The Kier molecular flexibility index (Phi) is 3.54. The molecule has 1 atom stereocenters. The van der Waals surface area contributed by atoms with Crippen LogP contribution in [0.2, 0.25) is 5.02 Å². The summed E-state index contributed by atoms with van der Waals surface area (Å²) in [6.45, 7) is -0.00683. The van der Waals surface area contributed by atoms with Crippen LogP contribution in [0.3, 0.4) is 0 Å². The van der Waals surface area contributed by atoms with Gasteiger partial charge in [-0.1, -0.05) is 23.7 Å². The van der Waals surface area contributed by atoms with Crippen LogP contribution in [0, 0.1) is 0 Å². The molecule has 72 valence electrons. The normalized spacial score (nSPS) is 12.8. The third-order valence-corrected chi connectivity index (χ3v) is 2.16. The number of phenols is 1. The molecule has 4 heteroatoms. The molecule has 1 aromatic carbocycles. The van der Waals surface area contributed by atoms with E-state index < -0.39 is 0 Å². The Morgan fingerprint density at radius 3 is 2.77 bits per heavy atom. The van der Waals surface area contributed by atoms with Gasteiger partial charge in [-0.2, -0.15) is 0 Å². The van der Waals surface area contributed by atoms with Crippen molar-refractivity contribution in [1.82, 2.24) is 0 Å². The quantitative estimate of drug-likeness (QED) is 0.693. The maximum atomic E-state index is 9.50. The summed E-state index contributed by atoms with van der Waals surface area (Å²) in [6.07, 6.45) is 0.411. The van der Waals surface area contributed by atoms with Gasteiger partial charge in [0.15, 0.2) is 0 Å². The Bertz CT molecular complexity index is 291. The lowest BCUT2D eigenvalue weighted by Gasteiger charge is -2.12. The van der Waals surface area contributed by atoms with Crippen LogP contribution in [0.25, 0.3) is 0 Å². The van der Waals surface area contributed by atoms with Gasteiger partial charge in [-0.25, -0.2) is 0 Å². The zero-order valence-electron chi connectivity index (χ0n) is 7.07. The average Bonchev–Trinajstić information content (AvgIpc) is 2.10. The van der Waals surface area contributed by atoms with Crippen molar-refractivity contribution < 1.29 is 10.2 Å². The number of para-hydroxylation sites is 1. The minimum absolute atomic E-state index is 0.00474. The fourth-order valence-electron chi connectivity index (χ4n) is 1.13. The number of halogens is 1. The van der Waals surface area contributed by atoms with Gasteiger partial charge in [-0.05, 0) is 12.5 Å². The number of benzene rings is 1. The molecule has 4 N–H and O–H groups in total. The molecule has 1 rings (SSSR count). The zero-order chi connectivity index (χ0) is 9.84. The van der Waals surface area contributed by atoms with Crippen molar-refractivity contribution in [1.29, 1.82) is 0 Å². The summed E-state index contributed by atoms with van der Waals surface area (Å²) in [5.41, 5.74) is 6.27. The highest BCUT2D eigenvalue weighted by Gasteiger charge is 2.11. The number of nitrogens with two attached hydrogens (primary N) is 1. The van der Waals surface area contributed by atoms with Crippen molar-refractivity contribution in [2.45, 2.75) is 12.5 Å². The molecular weight excluding hydrogens is 190 g/mol. The largest absolute Gasteiger partial charge is 0.506 e. The molecule has 0 radical (unpaired) electrons. The summed E-state index contributed by atoms with van der Waals surface area (Å²) < 4.78 is 0. The summed E-state index contributed by atoms with van der Waals surface area (Å²) in [4.78, 5) is 0. The van der Waals surface area contributed by atoms with Gasteiger partial charge in [-0.3, -0.25) is 0 Å². The maximum absolute atomic E-state index is 9.50. The van der Waals surface area contributed by atoms with E-state index in [0.717, 1.165) is 0 Å². The first kappa shape index (κ1) is 10.3. The van der Waals surface area contributed by atoms with E-state index in [1.54, 1.807) is 18.2 Å². The van der Waals surface area contributed by atoms with Crippen molar-refractivity contribution in [2.75, 3.05) is 6.61 Å². The van der Waals surface area contributed by atoms with Gasteiger partial charge < -0.3 is 15.9 Å². The fourth-order valence-corrected chi connectivity index (χ4v) is 1.31. The predicted octanol–water partition coefficient (Wildman–Crippen LogP) is 1.43. The number of aliphatic hydroxyl groups is 1. The molecule has 0 aliphatic carbocycles. The van der Waals surface area contributed by atoms with Crippen molar-refractivity contribution in [3.8, 4) is 5.75 Å². The molecule has 0 spiro atoms. The van der Waals surface area contributed by atoms with E-state index in [1.807, 2.05) is 0 Å².